The van der Waals surface area contributed by atoms with E-state index in [1.807, 2.05) is 36.1 Å². The predicted octanol–water partition coefficient (Wildman–Crippen LogP) is 7.06. The number of fused-ring (bicyclic) bond motifs is 2. The van der Waals surface area contributed by atoms with E-state index >= 15 is 0 Å². The lowest BCUT2D eigenvalue weighted by atomic mass is 9.74. The summed E-state index contributed by atoms with van der Waals surface area (Å²) in [5.74, 6) is 0. The van der Waals surface area contributed by atoms with Crippen LogP contribution in [-0.2, 0) is 5.41 Å². The number of benzene rings is 3. The number of likely N-dealkylation sites (tertiary alicyclic amines) is 1. The first-order valence-electron chi connectivity index (χ1n) is 12.3. The number of rotatable bonds is 4. The highest BCUT2D eigenvalue weighted by Gasteiger charge is 2.46. The molecule has 5 heteroatoms. The summed E-state index contributed by atoms with van der Waals surface area (Å²) < 4.78 is 0. The number of anilines is 2. The molecule has 0 unspecified atom stereocenters. The number of nitrogens with one attached hydrogen (secondary N) is 1. The maximum Gasteiger partial charge on any atom is 0.326 e. The van der Waals surface area contributed by atoms with Gasteiger partial charge in [0.05, 0.1) is 0 Å². The minimum Gasteiger partial charge on any atom is -0.307 e. The topological polar surface area (TPSA) is 35.6 Å². The molecule has 2 aliphatic rings. The number of nitrogens with zero attached hydrogens (tertiary/aromatic N) is 2. The summed E-state index contributed by atoms with van der Waals surface area (Å²) in [6.45, 7) is 7.78. The monoisotopic (exact) mass is 485 g/mol. The molecule has 3 aromatic carbocycles. The molecular formula is C30H32ClN3O. The molecule has 0 bridgehead atoms. The van der Waals surface area contributed by atoms with E-state index in [0.29, 0.717) is 11.6 Å². The van der Waals surface area contributed by atoms with E-state index in [1.165, 1.54) is 16.7 Å². The van der Waals surface area contributed by atoms with Crippen LogP contribution in [0, 0.1) is 13.8 Å². The van der Waals surface area contributed by atoms with Crippen molar-refractivity contribution in [1.29, 1.82) is 0 Å². The average molecular weight is 486 g/mol. The minimum atomic E-state index is -0.0921. The second-order valence-corrected chi connectivity index (χ2v) is 10.3. The summed E-state index contributed by atoms with van der Waals surface area (Å²) in [4.78, 5) is 17.9. The van der Waals surface area contributed by atoms with E-state index in [4.69, 9.17) is 11.6 Å². The second kappa shape index (κ2) is 9.88. The third-order valence-electron chi connectivity index (χ3n) is 7.52. The number of aryl methyl sites for hydroxylation is 1. The van der Waals surface area contributed by atoms with E-state index in [9.17, 15) is 4.79 Å². The molecule has 1 N–H and O–H groups in total. The van der Waals surface area contributed by atoms with Gasteiger partial charge in [-0.25, -0.2) is 4.79 Å². The number of urea groups is 1. The van der Waals surface area contributed by atoms with Crippen LogP contribution in [0.4, 0.5) is 16.2 Å². The van der Waals surface area contributed by atoms with Crippen molar-refractivity contribution in [3.05, 3.63) is 100 Å². The third kappa shape index (κ3) is 4.86. The van der Waals surface area contributed by atoms with Gasteiger partial charge in [0.2, 0.25) is 0 Å². The number of carbonyl (C=O) groups is 1. The minimum absolute atomic E-state index is 0.00170. The Morgan fingerprint density at radius 2 is 1.80 bits per heavy atom. The van der Waals surface area contributed by atoms with Gasteiger partial charge in [-0.3, -0.25) is 9.80 Å². The first-order chi connectivity index (χ1) is 16.9. The van der Waals surface area contributed by atoms with Crippen LogP contribution in [0.2, 0.25) is 5.02 Å². The van der Waals surface area contributed by atoms with Crippen molar-refractivity contribution in [1.82, 2.24) is 4.90 Å². The van der Waals surface area contributed by atoms with Gasteiger partial charge in [0, 0.05) is 34.9 Å². The lowest BCUT2D eigenvalue weighted by molar-refractivity contribution is 0.180. The smallest absolute Gasteiger partial charge is 0.307 e. The molecule has 4 nitrogen and oxygen atoms in total. The van der Waals surface area contributed by atoms with Crippen LogP contribution in [0.1, 0.15) is 35.1 Å². The number of halogens is 1. The molecule has 0 atom stereocenters. The molecule has 35 heavy (non-hydrogen) atoms. The van der Waals surface area contributed by atoms with Crippen LogP contribution in [0.5, 0.6) is 0 Å². The number of amides is 2. The molecule has 0 radical (unpaired) electrons. The Kier molecular flexibility index (Phi) is 6.68. The van der Waals surface area contributed by atoms with Crippen molar-refractivity contribution in [2.45, 2.75) is 32.1 Å². The highest BCUT2D eigenvalue weighted by atomic mass is 35.5. The molecule has 2 heterocycles. The quantitative estimate of drug-likeness (QED) is 0.429. The third-order valence-corrected chi connectivity index (χ3v) is 7.93. The van der Waals surface area contributed by atoms with Gasteiger partial charge in [0.1, 0.15) is 0 Å². The summed E-state index contributed by atoms with van der Waals surface area (Å²) in [5.41, 5.74) is 6.47. The zero-order chi connectivity index (χ0) is 24.4. The molecule has 2 aliphatic heterocycles. The lowest BCUT2D eigenvalue weighted by Gasteiger charge is -2.39. The van der Waals surface area contributed by atoms with E-state index in [2.05, 4.69) is 71.8 Å². The molecule has 0 aromatic heterocycles. The van der Waals surface area contributed by atoms with Gasteiger partial charge < -0.3 is 5.32 Å². The number of carbonyl (C=O) groups excluding carboxylic acids is 1. The zero-order valence-corrected chi connectivity index (χ0v) is 21.2. The SMILES string of the molecule is Cc1ccc2c(c1)C1(CCN(CC=Cc3ccccc3)CC1)CN2C(=O)Nc1cccc(Cl)c1C. The lowest BCUT2D eigenvalue weighted by Crippen LogP contribution is -2.46. The molecule has 0 aliphatic carbocycles. The summed E-state index contributed by atoms with van der Waals surface area (Å²) >= 11 is 6.28. The van der Waals surface area contributed by atoms with Crippen LogP contribution >= 0.6 is 11.6 Å². The Balaban J connectivity index is 1.31. The maximum absolute atomic E-state index is 13.4. The molecule has 1 saturated heterocycles. The first kappa shape index (κ1) is 23.7. The van der Waals surface area contributed by atoms with Gasteiger partial charge >= 0.3 is 6.03 Å². The highest BCUT2D eigenvalue weighted by Crippen LogP contribution is 2.47. The fourth-order valence-electron chi connectivity index (χ4n) is 5.38. The summed E-state index contributed by atoms with van der Waals surface area (Å²) in [7, 11) is 0. The van der Waals surface area contributed by atoms with Crippen molar-refractivity contribution >= 4 is 35.1 Å². The van der Waals surface area contributed by atoms with Crippen molar-refractivity contribution in [3.63, 3.8) is 0 Å². The standard InChI is InChI=1S/C30H32ClN3O/c1-22-13-14-28-25(20-22)30(21-34(28)29(35)32-27-12-6-11-26(31)23(27)2)15-18-33(19-16-30)17-7-10-24-8-4-3-5-9-24/h3-14,20H,15-19,21H2,1-2H3,(H,32,35). The van der Waals surface area contributed by atoms with Crippen molar-refractivity contribution < 1.29 is 4.79 Å². The zero-order valence-electron chi connectivity index (χ0n) is 20.4. The van der Waals surface area contributed by atoms with E-state index in [-0.39, 0.29) is 11.4 Å². The van der Waals surface area contributed by atoms with Gasteiger partial charge in [0.15, 0.2) is 0 Å². The van der Waals surface area contributed by atoms with E-state index < -0.39 is 0 Å². The number of hydrogen-bond acceptors (Lipinski definition) is 2. The van der Waals surface area contributed by atoms with Gasteiger partial charge in [-0.05, 0) is 74.7 Å². The van der Waals surface area contributed by atoms with Gasteiger partial charge in [0.25, 0.3) is 0 Å². The molecule has 1 spiro atoms. The Morgan fingerprint density at radius 3 is 2.57 bits per heavy atom. The van der Waals surface area contributed by atoms with Crippen LogP contribution in [-0.4, -0.2) is 37.1 Å². The molecular weight excluding hydrogens is 454 g/mol. The van der Waals surface area contributed by atoms with E-state index in [1.54, 1.807) is 0 Å². The van der Waals surface area contributed by atoms with Crippen molar-refractivity contribution in [3.8, 4) is 0 Å². The van der Waals surface area contributed by atoms with Crippen LogP contribution in [0.15, 0.2) is 72.8 Å². The molecule has 0 saturated carbocycles. The van der Waals surface area contributed by atoms with Crippen LogP contribution in [0.3, 0.4) is 0 Å². The Labute approximate surface area is 213 Å². The van der Waals surface area contributed by atoms with Gasteiger partial charge in [-0.1, -0.05) is 77.8 Å². The largest absolute Gasteiger partial charge is 0.326 e. The first-order valence-corrected chi connectivity index (χ1v) is 12.7. The second-order valence-electron chi connectivity index (χ2n) is 9.84. The molecule has 5 rings (SSSR count). The molecule has 2 amide bonds. The highest BCUT2D eigenvalue weighted by molar-refractivity contribution is 6.31. The normalized spacial score (nSPS) is 17.2. The fourth-order valence-corrected chi connectivity index (χ4v) is 5.56. The molecule has 180 valence electrons. The Morgan fingerprint density at radius 1 is 1.03 bits per heavy atom. The van der Waals surface area contributed by atoms with Crippen LogP contribution in [0.25, 0.3) is 6.08 Å². The average Bonchev–Trinajstić information content (AvgIpc) is 3.17. The van der Waals surface area contributed by atoms with Gasteiger partial charge in [-0.2, -0.15) is 0 Å². The summed E-state index contributed by atoms with van der Waals surface area (Å²) in [6, 6.07) is 22.5. The van der Waals surface area contributed by atoms with E-state index in [0.717, 1.165) is 49.4 Å². The van der Waals surface area contributed by atoms with Gasteiger partial charge in [-0.15, -0.1) is 0 Å². The van der Waals surface area contributed by atoms with Crippen molar-refractivity contribution in [2.75, 3.05) is 36.4 Å². The molecule has 1 fully saturated rings. The summed E-state index contributed by atoms with van der Waals surface area (Å²) in [6.07, 6.45) is 6.54. The molecule has 3 aromatic rings. The van der Waals surface area contributed by atoms with Crippen molar-refractivity contribution in [2.24, 2.45) is 0 Å². The maximum atomic E-state index is 13.4. The Hall–Kier alpha value is -3.08. The summed E-state index contributed by atoms with van der Waals surface area (Å²) in [5, 5.41) is 3.76. The van der Waals surface area contributed by atoms with Crippen LogP contribution < -0.4 is 10.2 Å². The number of hydrogen-bond donors (Lipinski definition) is 1. The fraction of sp³-hybridized carbons (Fsp3) is 0.300. The Bertz CT molecular complexity index is 1250. The predicted molar refractivity (Wildman–Crippen MR) is 147 cm³/mol. The number of piperidine rings is 1.